The fourth-order valence-electron chi connectivity index (χ4n) is 3.27. The topological polar surface area (TPSA) is 62.7 Å². The second kappa shape index (κ2) is 4.66. The van der Waals surface area contributed by atoms with Gasteiger partial charge in [0.25, 0.3) is 0 Å². The summed E-state index contributed by atoms with van der Waals surface area (Å²) >= 11 is 0. The number of ether oxygens (including phenoxy) is 1. The van der Waals surface area contributed by atoms with Crippen molar-refractivity contribution in [1.82, 2.24) is 9.88 Å². The van der Waals surface area contributed by atoms with Gasteiger partial charge in [0.15, 0.2) is 0 Å². The Kier molecular flexibility index (Phi) is 3.16. The lowest BCUT2D eigenvalue weighted by Gasteiger charge is -2.39. The first-order valence-corrected chi connectivity index (χ1v) is 7.13. The molecule has 0 aliphatic carbocycles. The smallest absolute Gasteiger partial charge is 0.411 e. The highest BCUT2D eigenvalue weighted by atomic mass is 19.1. The van der Waals surface area contributed by atoms with E-state index in [4.69, 9.17) is 4.74 Å². The Morgan fingerprint density at radius 3 is 2.86 bits per heavy atom. The number of amides is 1. The Labute approximate surface area is 122 Å². The molecule has 2 bridgehead atoms. The van der Waals surface area contributed by atoms with E-state index in [1.54, 1.807) is 31.7 Å². The molecule has 0 saturated carbocycles. The molecule has 5 nitrogen and oxygen atoms in total. The van der Waals surface area contributed by atoms with Crippen LogP contribution in [0.2, 0.25) is 0 Å². The molecule has 2 unspecified atom stereocenters. The highest BCUT2D eigenvalue weighted by Crippen LogP contribution is 2.49. The molecule has 1 fully saturated rings. The molecule has 1 N–H and O–H groups in total. The second-order valence-corrected chi connectivity index (χ2v) is 6.60. The van der Waals surface area contributed by atoms with Crippen LogP contribution in [0.15, 0.2) is 12.3 Å². The molecular formula is C15H19FN2O3. The number of hydrogen-bond acceptors (Lipinski definition) is 4. The van der Waals surface area contributed by atoms with E-state index in [-0.39, 0.29) is 11.6 Å². The number of fused-ring (bicyclic) bond motifs is 4. The van der Waals surface area contributed by atoms with Gasteiger partial charge in [-0.3, -0.25) is 4.90 Å². The summed E-state index contributed by atoms with van der Waals surface area (Å²) in [5.41, 5.74) is 0.255. The van der Waals surface area contributed by atoms with Crippen molar-refractivity contribution in [2.24, 2.45) is 0 Å². The Morgan fingerprint density at radius 2 is 2.19 bits per heavy atom. The summed E-state index contributed by atoms with van der Waals surface area (Å²) < 4.78 is 19.3. The summed E-state index contributed by atoms with van der Waals surface area (Å²) in [6, 6.07) is 0.974. The highest BCUT2D eigenvalue weighted by molar-refractivity contribution is 5.71. The number of nitrogens with zero attached hydrogens (tertiary/aromatic N) is 2. The Morgan fingerprint density at radius 1 is 1.48 bits per heavy atom. The molecule has 3 rings (SSSR count). The molecule has 0 radical (unpaired) electrons. The van der Waals surface area contributed by atoms with Crippen LogP contribution in [0.1, 0.15) is 56.9 Å². The zero-order valence-corrected chi connectivity index (χ0v) is 12.3. The average Bonchev–Trinajstić information content (AvgIpc) is 2.74. The normalized spacial score (nSPS) is 27.5. The third-order valence-electron chi connectivity index (χ3n) is 4.03. The van der Waals surface area contributed by atoms with Crippen LogP contribution in [0.25, 0.3) is 0 Å². The van der Waals surface area contributed by atoms with Crippen molar-refractivity contribution in [3.63, 3.8) is 0 Å². The maximum absolute atomic E-state index is 13.9. The molecule has 1 amide bonds. The number of hydrogen-bond donors (Lipinski definition) is 1. The van der Waals surface area contributed by atoms with Gasteiger partial charge in [-0.15, -0.1) is 0 Å². The molecule has 1 aromatic rings. The first kappa shape index (κ1) is 14.3. The van der Waals surface area contributed by atoms with E-state index in [1.807, 2.05) is 0 Å². The van der Waals surface area contributed by atoms with Gasteiger partial charge in [0.05, 0.1) is 12.1 Å². The van der Waals surface area contributed by atoms with Crippen molar-refractivity contribution in [3.05, 3.63) is 29.3 Å². The van der Waals surface area contributed by atoms with Crippen LogP contribution in [-0.4, -0.2) is 32.7 Å². The zero-order valence-electron chi connectivity index (χ0n) is 12.3. The predicted molar refractivity (Wildman–Crippen MR) is 73.0 cm³/mol. The monoisotopic (exact) mass is 294 g/mol. The standard InChI is InChI=1S/C15H19FN2O3/c1-15(2,3)21-14(20)18-9-4-5-10(18)12(19)11-8(9)6-7-17-13(11)16/h6-7,9-10,12,19H,4-5H2,1-3H3/t9?,10?,12-/m0/s1. The number of aliphatic hydroxyl groups excluding tert-OH is 1. The lowest BCUT2D eigenvalue weighted by Crippen LogP contribution is -2.46. The summed E-state index contributed by atoms with van der Waals surface area (Å²) in [6.07, 6.45) is 1.17. The Balaban J connectivity index is 1.99. The van der Waals surface area contributed by atoms with E-state index >= 15 is 0 Å². The summed E-state index contributed by atoms with van der Waals surface area (Å²) in [5.74, 6) is -0.652. The zero-order chi connectivity index (χ0) is 15.4. The van der Waals surface area contributed by atoms with Gasteiger partial charge >= 0.3 is 6.09 Å². The van der Waals surface area contributed by atoms with Crippen LogP contribution in [-0.2, 0) is 4.74 Å². The Bertz CT molecular complexity index is 585. The van der Waals surface area contributed by atoms with Crippen molar-refractivity contribution in [2.75, 3.05) is 0 Å². The fourth-order valence-corrected chi connectivity index (χ4v) is 3.27. The van der Waals surface area contributed by atoms with Crippen LogP contribution < -0.4 is 0 Å². The van der Waals surface area contributed by atoms with Gasteiger partial charge < -0.3 is 9.84 Å². The van der Waals surface area contributed by atoms with E-state index in [0.717, 1.165) is 0 Å². The first-order valence-electron chi connectivity index (χ1n) is 7.13. The van der Waals surface area contributed by atoms with Gasteiger partial charge in [-0.25, -0.2) is 9.78 Å². The SMILES string of the molecule is CC(C)(C)OC(=O)N1C2CCC1[C@H](O)c1c2ccnc1F. The number of rotatable bonds is 0. The molecule has 114 valence electrons. The minimum Gasteiger partial charge on any atom is -0.444 e. The highest BCUT2D eigenvalue weighted by Gasteiger charge is 2.49. The minimum atomic E-state index is -1.06. The van der Waals surface area contributed by atoms with Gasteiger partial charge in [-0.2, -0.15) is 4.39 Å². The number of carbonyl (C=O) groups excluding carboxylic acids is 1. The molecule has 6 heteroatoms. The van der Waals surface area contributed by atoms with Gasteiger partial charge in [0.1, 0.15) is 11.7 Å². The van der Waals surface area contributed by atoms with E-state index in [2.05, 4.69) is 4.98 Å². The predicted octanol–water partition coefficient (Wildman–Crippen LogP) is 2.71. The van der Waals surface area contributed by atoms with Gasteiger partial charge in [0, 0.05) is 11.8 Å². The second-order valence-electron chi connectivity index (χ2n) is 6.60. The lowest BCUT2D eigenvalue weighted by molar-refractivity contribution is -0.0125. The fraction of sp³-hybridized carbons (Fsp3) is 0.600. The van der Waals surface area contributed by atoms with Crippen LogP contribution in [0.3, 0.4) is 0 Å². The van der Waals surface area contributed by atoms with Crippen molar-refractivity contribution < 1.29 is 19.0 Å². The number of aliphatic hydroxyl groups is 1. The van der Waals surface area contributed by atoms with Gasteiger partial charge in [-0.1, -0.05) is 0 Å². The molecule has 21 heavy (non-hydrogen) atoms. The van der Waals surface area contributed by atoms with Gasteiger partial charge in [0.2, 0.25) is 5.95 Å². The molecule has 2 aliphatic heterocycles. The number of pyridine rings is 1. The van der Waals surface area contributed by atoms with Crippen molar-refractivity contribution >= 4 is 6.09 Å². The van der Waals surface area contributed by atoms with E-state index in [0.29, 0.717) is 18.4 Å². The molecule has 1 saturated heterocycles. The molecule has 0 aromatic carbocycles. The maximum Gasteiger partial charge on any atom is 0.411 e. The first-order chi connectivity index (χ1) is 9.79. The number of aromatic nitrogens is 1. The summed E-state index contributed by atoms with van der Waals surface area (Å²) in [4.78, 5) is 17.6. The molecular weight excluding hydrogens is 275 g/mol. The lowest BCUT2D eigenvalue weighted by atomic mass is 9.92. The number of carbonyl (C=O) groups is 1. The number of halogens is 1. The molecule has 0 spiro atoms. The maximum atomic E-state index is 13.9. The minimum absolute atomic E-state index is 0.227. The summed E-state index contributed by atoms with van der Waals surface area (Å²) in [6.45, 7) is 5.39. The summed E-state index contributed by atoms with van der Waals surface area (Å²) in [5, 5.41) is 10.4. The molecule has 3 atom stereocenters. The van der Waals surface area contributed by atoms with E-state index in [1.165, 1.54) is 6.20 Å². The van der Waals surface area contributed by atoms with Crippen molar-refractivity contribution in [1.29, 1.82) is 0 Å². The van der Waals surface area contributed by atoms with Crippen molar-refractivity contribution in [2.45, 2.75) is 57.4 Å². The third kappa shape index (κ3) is 2.27. The van der Waals surface area contributed by atoms with E-state index < -0.39 is 29.8 Å². The Hall–Kier alpha value is -1.69. The van der Waals surface area contributed by atoms with Crippen LogP contribution in [0, 0.1) is 5.95 Å². The molecule has 2 aliphatic rings. The quantitative estimate of drug-likeness (QED) is 0.747. The molecule has 3 heterocycles. The van der Waals surface area contributed by atoms with Crippen LogP contribution >= 0.6 is 0 Å². The molecule has 1 aromatic heterocycles. The van der Waals surface area contributed by atoms with E-state index in [9.17, 15) is 14.3 Å². The van der Waals surface area contributed by atoms with Crippen LogP contribution in [0.5, 0.6) is 0 Å². The average molecular weight is 294 g/mol. The van der Waals surface area contributed by atoms with Gasteiger partial charge in [-0.05, 0) is 45.2 Å². The van der Waals surface area contributed by atoms with Crippen LogP contribution in [0.4, 0.5) is 9.18 Å². The third-order valence-corrected chi connectivity index (χ3v) is 4.03. The summed E-state index contributed by atoms with van der Waals surface area (Å²) in [7, 11) is 0. The van der Waals surface area contributed by atoms with Crippen molar-refractivity contribution in [3.8, 4) is 0 Å². The largest absolute Gasteiger partial charge is 0.444 e.